The summed E-state index contributed by atoms with van der Waals surface area (Å²) in [4.78, 5) is 21.5. The molecule has 0 saturated heterocycles. The van der Waals surface area contributed by atoms with E-state index in [1.807, 2.05) is 0 Å². The van der Waals surface area contributed by atoms with Crippen molar-refractivity contribution in [3.8, 4) is 5.75 Å². The fraction of sp³-hybridized carbons (Fsp3) is 0.133. The van der Waals surface area contributed by atoms with Crippen molar-refractivity contribution in [2.75, 3.05) is 0 Å². The van der Waals surface area contributed by atoms with Gasteiger partial charge in [-0.15, -0.1) is 0 Å². The number of nitrogens with zero attached hydrogens (tertiary/aromatic N) is 1. The Bertz CT molecular complexity index is 594. The number of Topliss-reactive ketones (excluding diaryl/α,β-unsaturated/α-hetero) is 1. The number of nitro benzene ring substituents is 1. The van der Waals surface area contributed by atoms with Crippen molar-refractivity contribution < 1.29 is 14.5 Å². The minimum absolute atomic E-state index is 0.0311. The number of hydrogen-bond acceptors (Lipinski definition) is 4. The van der Waals surface area contributed by atoms with Crippen molar-refractivity contribution in [1.82, 2.24) is 0 Å². The lowest BCUT2D eigenvalue weighted by molar-refractivity contribution is -0.384. The van der Waals surface area contributed by atoms with Crippen LogP contribution in [0.15, 0.2) is 48.5 Å². The molecule has 2 aromatic rings. The van der Waals surface area contributed by atoms with Crippen molar-refractivity contribution in [1.29, 1.82) is 0 Å². The largest absolute Gasteiger partial charge is 0.489 e. The van der Waals surface area contributed by atoms with E-state index in [1.54, 1.807) is 36.4 Å². The lowest BCUT2D eigenvalue weighted by Gasteiger charge is -2.07. The monoisotopic (exact) mass is 271 g/mol. The van der Waals surface area contributed by atoms with Crippen LogP contribution in [0.25, 0.3) is 0 Å². The summed E-state index contributed by atoms with van der Waals surface area (Å²) in [5.74, 6) is 0.523. The van der Waals surface area contributed by atoms with Crippen LogP contribution in [-0.2, 0) is 6.61 Å². The number of ether oxygens (including phenoxy) is 1. The highest BCUT2D eigenvalue weighted by Gasteiger charge is 2.06. The molecular formula is C15H13NO4. The van der Waals surface area contributed by atoms with Gasteiger partial charge in [0.1, 0.15) is 12.4 Å². The van der Waals surface area contributed by atoms with E-state index in [-0.39, 0.29) is 18.1 Å². The van der Waals surface area contributed by atoms with E-state index >= 15 is 0 Å². The predicted molar refractivity (Wildman–Crippen MR) is 73.9 cm³/mol. The van der Waals surface area contributed by atoms with E-state index in [2.05, 4.69) is 0 Å². The molecule has 2 rings (SSSR count). The molecule has 20 heavy (non-hydrogen) atoms. The van der Waals surface area contributed by atoms with Gasteiger partial charge in [0, 0.05) is 17.7 Å². The average molecular weight is 271 g/mol. The second-order valence-corrected chi connectivity index (χ2v) is 4.30. The smallest absolute Gasteiger partial charge is 0.269 e. The zero-order valence-electron chi connectivity index (χ0n) is 10.9. The Morgan fingerprint density at radius 2 is 1.95 bits per heavy atom. The average Bonchev–Trinajstić information content (AvgIpc) is 2.45. The van der Waals surface area contributed by atoms with Crippen LogP contribution < -0.4 is 4.74 Å². The molecule has 5 heteroatoms. The van der Waals surface area contributed by atoms with E-state index in [4.69, 9.17) is 4.74 Å². The third-order valence-corrected chi connectivity index (χ3v) is 2.77. The first-order chi connectivity index (χ1) is 9.56. The van der Waals surface area contributed by atoms with Crippen LogP contribution in [0.1, 0.15) is 22.8 Å². The van der Waals surface area contributed by atoms with Gasteiger partial charge >= 0.3 is 0 Å². The molecule has 0 aromatic heterocycles. The maximum atomic E-state index is 11.3. The highest BCUT2D eigenvalue weighted by Crippen LogP contribution is 2.18. The molecule has 0 spiro atoms. The fourth-order valence-electron chi connectivity index (χ4n) is 1.73. The Labute approximate surface area is 116 Å². The molecule has 0 fully saturated rings. The summed E-state index contributed by atoms with van der Waals surface area (Å²) in [7, 11) is 0. The van der Waals surface area contributed by atoms with Crippen LogP contribution >= 0.6 is 0 Å². The van der Waals surface area contributed by atoms with Crippen LogP contribution in [-0.4, -0.2) is 10.7 Å². The molecule has 0 aliphatic carbocycles. The van der Waals surface area contributed by atoms with Crippen LogP contribution in [0.3, 0.4) is 0 Å². The van der Waals surface area contributed by atoms with Crippen molar-refractivity contribution in [2.24, 2.45) is 0 Å². The molecule has 0 heterocycles. The molecule has 5 nitrogen and oxygen atoms in total. The lowest BCUT2D eigenvalue weighted by Crippen LogP contribution is -1.98. The number of carbonyl (C=O) groups excluding carboxylic acids is 1. The molecule has 102 valence electrons. The summed E-state index contributed by atoms with van der Waals surface area (Å²) in [5, 5.41) is 10.7. The highest BCUT2D eigenvalue weighted by molar-refractivity contribution is 5.94. The molecule has 2 aromatic carbocycles. The fourth-order valence-corrected chi connectivity index (χ4v) is 1.73. The zero-order chi connectivity index (χ0) is 14.5. The Balaban J connectivity index is 2.08. The molecule has 0 aliphatic rings. The molecule has 0 aliphatic heterocycles. The summed E-state index contributed by atoms with van der Waals surface area (Å²) in [6.07, 6.45) is 0. The number of benzene rings is 2. The first-order valence-corrected chi connectivity index (χ1v) is 6.03. The summed E-state index contributed by atoms with van der Waals surface area (Å²) in [6, 6.07) is 13.1. The van der Waals surface area contributed by atoms with Crippen LogP contribution in [0.5, 0.6) is 5.75 Å². The molecule has 0 amide bonds. The molecule has 0 bridgehead atoms. The summed E-state index contributed by atoms with van der Waals surface area (Å²) >= 11 is 0. The Kier molecular flexibility index (Phi) is 4.10. The van der Waals surface area contributed by atoms with E-state index in [1.165, 1.54) is 19.1 Å². The second kappa shape index (κ2) is 5.97. The van der Waals surface area contributed by atoms with E-state index in [9.17, 15) is 14.9 Å². The number of hydrogen-bond donors (Lipinski definition) is 0. The third-order valence-electron chi connectivity index (χ3n) is 2.77. The molecule has 0 radical (unpaired) electrons. The summed E-state index contributed by atoms with van der Waals surface area (Å²) in [5.41, 5.74) is 1.30. The minimum atomic E-state index is -0.445. The maximum Gasteiger partial charge on any atom is 0.269 e. The lowest BCUT2D eigenvalue weighted by atomic mass is 10.1. The van der Waals surface area contributed by atoms with Crippen molar-refractivity contribution in [3.05, 3.63) is 69.8 Å². The molecular weight excluding hydrogens is 258 g/mol. The highest BCUT2D eigenvalue weighted by atomic mass is 16.6. The Morgan fingerprint density at radius 1 is 1.20 bits per heavy atom. The normalized spacial score (nSPS) is 10.1. The number of rotatable bonds is 5. The molecule has 0 N–H and O–H groups in total. The summed E-state index contributed by atoms with van der Waals surface area (Å²) in [6.45, 7) is 1.70. The number of nitro groups is 1. The van der Waals surface area contributed by atoms with Gasteiger partial charge in [-0.2, -0.15) is 0 Å². The topological polar surface area (TPSA) is 69.4 Å². The van der Waals surface area contributed by atoms with Crippen molar-refractivity contribution in [3.63, 3.8) is 0 Å². The van der Waals surface area contributed by atoms with Gasteiger partial charge in [0.2, 0.25) is 0 Å². The van der Waals surface area contributed by atoms with E-state index < -0.39 is 4.92 Å². The van der Waals surface area contributed by atoms with Gasteiger partial charge in [-0.25, -0.2) is 0 Å². The predicted octanol–water partition coefficient (Wildman–Crippen LogP) is 3.38. The van der Waals surface area contributed by atoms with Crippen LogP contribution in [0, 0.1) is 10.1 Å². The van der Waals surface area contributed by atoms with Gasteiger partial charge in [0.15, 0.2) is 5.78 Å². The molecule has 0 unspecified atom stereocenters. The van der Waals surface area contributed by atoms with Crippen LogP contribution in [0.2, 0.25) is 0 Å². The Hall–Kier alpha value is -2.69. The minimum Gasteiger partial charge on any atom is -0.489 e. The first-order valence-electron chi connectivity index (χ1n) is 6.03. The number of carbonyl (C=O) groups is 1. The second-order valence-electron chi connectivity index (χ2n) is 4.30. The standard InChI is InChI=1S/C15H13NO4/c1-11(17)13-5-3-7-15(9-13)20-10-12-4-2-6-14(8-12)16(18)19/h2-9H,10H2,1H3. The quantitative estimate of drug-likeness (QED) is 0.475. The van der Waals surface area contributed by atoms with Gasteiger partial charge in [-0.1, -0.05) is 24.3 Å². The van der Waals surface area contributed by atoms with Crippen molar-refractivity contribution in [2.45, 2.75) is 13.5 Å². The Morgan fingerprint density at radius 3 is 2.65 bits per heavy atom. The first kappa shape index (κ1) is 13.7. The number of non-ortho nitro benzene ring substituents is 1. The van der Waals surface area contributed by atoms with Crippen molar-refractivity contribution >= 4 is 11.5 Å². The zero-order valence-corrected chi connectivity index (χ0v) is 10.9. The summed E-state index contributed by atoms with van der Waals surface area (Å²) < 4.78 is 5.54. The molecule has 0 saturated carbocycles. The maximum absolute atomic E-state index is 11.3. The van der Waals surface area contributed by atoms with Gasteiger partial charge in [0.25, 0.3) is 5.69 Å². The number of ketones is 1. The van der Waals surface area contributed by atoms with E-state index in [0.717, 1.165) is 0 Å². The third kappa shape index (κ3) is 3.41. The van der Waals surface area contributed by atoms with Gasteiger partial charge in [-0.05, 0) is 24.6 Å². The van der Waals surface area contributed by atoms with Gasteiger partial charge in [0.05, 0.1) is 4.92 Å². The van der Waals surface area contributed by atoms with Gasteiger partial charge in [-0.3, -0.25) is 14.9 Å². The van der Waals surface area contributed by atoms with E-state index in [0.29, 0.717) is 16.9 Å². The SMILES string of the molecule is CC(=O)c1cccc(OCc2cccc([N+](=O)[O-])c2)c1. The molecule has 0 atom stereocenters. The van der Waals surface area contributed by atoms with Crippen LogP contribution in [0.4, 0.5) is 5.69 Å². The van der Waals surface area contributed by atoms with Gasteiger partial charge < -0.3 is 4.74 Å².